The van der Waals surface area contributed by atoms with Gasteiger partial charge in [-0.05, 0) is 13.8 Å². The summed E-state index contributed by atoms with van der Waals surface area (Å²) in [6, 6.07) is 10.2. The van der Waals surface area contributed by atoms with Crippen molar-refractivity contribution in [1.82, 2.24) is 10.4 Å². The molecule has 1 aliphatic heterocycles. The van der Waals surface area contributed by atoms with Gasteiger partial charge in [0, 0.05) is 12.6 Å². The van der Waals surface area contributed by atoms with Gasteiger partial charge in [0.1, 0.15) is 11.5 Å². The first kappa shape index (κ1) is 9.21. The molecule has 1 N–H and O–H groups in total. The predicted molar refractivity (Wildman–Crippen MR) is 58.0 cm³/mol. The zero-order valence-corrected chi connectivity index (χ0v) is 8.78. The zero-order chi connectivity index (χ0) is 10.2. The third-order valence-corrected chi connectivity index (χ3v) is 2.18. The molecule has 0 unspecified atom stereocenters. The van der Waals surface area contributed by atoms with Gasteiger partial charge in [0.2, 0.25) is 0 Å². The van der Waals surface area contributed by atoms with Crippen molar-refractivity contribution in [3.05, 3.63) is 35.9 Å². The second kappa shape index (κ2) is 3.10. The smallest absolute Gasteiger partial charge is 0.147 e. The van der Waals surface area contributed by atoms with Crippen LogP contribution in [0.2, 0.25) is 0 Å². The molecular weight excluding hydrogens is 174 g/mol. The van der Waals surface area contributed by atoms with Crippen LogP contribution in [0.5, 0.6) is 0 Å². The summed E-state index contributed by atoms with van der Waals surface area (Å²) in [7, 11) is 1.99. The molecule has 2 rings (SSSR count). The van der Waals surface area contributed by atoms with E-state index in [0.29, 0.717) is 0 Å². The first-order valence-electron chi connectivity index (χ1n) is 4.75. The molecule has 74 valence electrons. The highest BCUT2D eigenvalue weighted by atomic mass is 15.6. The van der Waals surface area contributed by atoms with Crippen molar-refractivity contribution in [2.45, 2.75) is 19.5 Å². The molecule has 0 aromatic heterocycles. The van der Waals surface area contributed by atoms with Crippen molar-refractivity contribution < 1.29 is 0 Å². The Morgan fingerprint density at radius 3 is 2.36 bits per heavy atom. The number of benzene rings is 1. The monoisotopic (exact) mass is 189 g/mol. The maximum absolute atomic E-state index is 4.60. The summed E-state index contributed by atoms with van der Waals surface area (Å²) in [5.41, 5.74) is 4.22. The first-order chi connectivity index (χ1) is 6.58. The van der Waals surface area contributed by atoms with Gasteiger partial charge in [-0.3, -0.25) is 5.01 Å². The molecule has 1 aliphatic rings. The lowest BCUT2D eigenvalue weighted by molar-refractivity contribution is 0.283. The number of hydrazine groups is 1. The lowest BCUT2D eigenvalue weighted by atomic mass is 10.2. The van der Waals surface area contributed by atoms with E-state index in [1.54, 1.807) is 0 Å². The highest BCUT2D eigenvalue weighted by Gasteiger charge is 2.28. The van der Waals surface area contributed by atoms with Gasteiger partial charge in [0.25, 0.3) is 0 Å². The van der Waals surface area contributed by atoms with Crippen LogP contribution in [0, 0.1) is 0 Å². The molecule has 0 fully saturated rings. The lowest BCUT2D eigenvalue weighted by Crippen LogP contribution is -2.42. The molecular formula is C11H15N3. The van der Waals surface area contributed by atoms with Crippen LogP contribution in [0.3, 0.4) is 0 Å². The van der Waals surface area contributed by atoms with Gasteiger partial charge < -0.3 is 0 Å². The van der Waals surface area contributed by atoms with E-state index in [9.17, 15) is 0 Å². The molecule has 1 aromatic rings. The van der Waals surface area contributed by atoms with Crippen LogP contribution in [0.15, 0.2) is 35.3 Å². The predicted octanol–water partition coefficient (Wildman–Crippen LogP) is 1.62. The SMILES string of the molecule is CN1NC(C)(C)N=C1c1ccccc1. The second-order valence-electron chi connectivity index (χ2n) is 4.03. The van der Waals surface area contributed by atoms with E-state index in [1.807, 2.05) is 30.3 Å². The Morgan fingerprint density at radius 2 is 1.86 bits per heavy atom. The first-order valence-corrected chi connectivity index (χ1v) is 4.75. The third-order valence-electron chi connectivity index (χ3n) is 2.18. The standard InChI is InChI=1S/C11H15N3/c1-11(2)12-10(14(3)13-11)9-7-5-4-6-8-9/h4-8,13H,1-3H3. The molecule has 0 bridgehead atoms. The Morgan fingerprint density at radius 1 is 1.21 bits per heavy atom. The molecule has 3 nitrogen and oxygen atoms in total. The van der Waals surface area contributed by atoms with E-state index in [0.717, 1.165) is 11.4 Å². The molecule has 0 spiro atoms. The number of hydrogen-bond donors (Lipinski definition) is 1. The molecule has 1 heterocycles. The molecule has 0 radical (unpaired) electrons. The number of nitrogens with zero attached hydrogens (tertiary/aromatic N) is 2. The van der Waals surface area contributed by atoms with E-state index >= 15 is 0 Å². The molecule has 0 atom stereocenters. The Hall–Kier alpha value is -1.35. The van der Waals surface area contributed by atoms with Crippen LogP contribution < -0.4 is 5.43 Å². The average Bonchev–Trinajstić information content (AvgIpc) is 2.41. The summed E-state index contributed by atoms with van der Waals surface area (Å²) >= 11 is 0. The zero-order valence-electron chi connectivity index (χ0n) is 8.78. The summed E-state index contributed by atoms with van der Waals surface area (Å²) in [4.78, 5) is 4.60. The van der Waals surface area contributed by atoms with Gasteiger partial charge in [-0.1, -0.05) is 30.3 Å². The third kappa shape index (κ3) is 1.63. The fourth-order valence-corrected chi connectivity index (χ4v) is 1.67. The van der Waals surface area contributed by atoms with Crippen LogP contribution in [0.4, 0.5) is 0 Å². The number of nitrogens with one attached hydrogen (secondary N) is 1. The summed E-state index contributed by atoms with van der Waals surface area (Å²) < 4.78 is 0. The summed E-state index contributed by atoms with van der Waals surface area (Å²) in [6.45, 7) is 4.11. The molecule has 1 aromatic carbocycles. The fourth-order valence-electron chi connectivity index (χ4n) is 1.67. The number of aliphatic imine (C=N–C) groups is 1. The average molecular weight is 189 g/mol. The van der Waals surface area contributed by atoms with E-state index in [2.05, 4.69) is 36.4 Å². The maximum atomic E-state index is 4.60. The van der Waals surface area contributed by atoms with E-state index in [1.165, 1.54) is 0 Å². The molecule has 14 heavy (non-hydrogen) atoms. The van der Waals surface area contributed by atoms with Crippen molar-refractivity contribution in [3.63, 3.8) is 0 Å². The Labute approximate surface area is 84.4 Å². The minimum absolute atomic E-state index is 0.195. The molecule has 0 saturated carbocycles. The summed E-state index contributed by atoms with van der Waals surface area (Å²) in [5, 5.41) is 1.97. The van der Waals surface area contributed by atoms with E-state index in [4.69, 9.17) is 0 Å². The topological polar surface area (TPSA) is 27.6 Å². The molecule has 0 amide bonds. The quantitative estimate of drug-likeness (QED) is 0.727. The van der Waals surface area contributed by atoms with Gasteiger partial charge in [0.05, 0.1) is 0 Å². The molecule has 3 heteroatoms. The maximum Gasteiger partial charge on any atom is 0.147 e. The molecule has 0 aliphatic carbocycles. The summed E-state index contributed by atoms with van der Waals surface area (Å²) in [6.07, 6.45) is 0. The van der Waals surface area contributed by atoms with Crippen molar-refractivity contribution in [2.75, 3.05) is 7.05 Å². The van der Waals surface area contributed by atoms with Crippen molar-refractivity contribution in [3.8, 4) is 0 Å². The van der Waals surface area contributed by atoms with E-state index in [-0.39, 0.29) is 5.66 Å². The Bertz CT molecular complexity index is 354. The summed E-state index contributed by atoms with van der Waals surface area (Å²) in [5.74, 6) is 0.996. The van der Waals surface area contributed by atoms with Gasteiger partial charge in [0.15, 0.2) is 0 Å². The lowest BCUT2D eigenvalue weighted by Gasteiger charge is -2.19. The normalized spacial score (nSPS) is 19.6. The number of hydrogen-bond acceptors (Lipinski definition) is 3. The van der Waals surface area contributed by atoms with Crippen LogP contribution in [-0.2, 0) is 0 Å². The fraction of sp³-hybridized carbons (Fsp3) is 0.364. The van der Waals surface area contributed by atoms with Crippen LogP contribution in [0.25, 0.3) is 0 Å². The van der Waals surface area contributed by atoms with Crippen LogP contribution in [-0.4, -0.2) is 23.6 Å². The van der Waals surface area contributed by atoms with Crippen LogP contribution >= 0.6 is 0 Å². The van der Waals surface area contributed by atoms with Gasteiger partial charge in [-0.15, -0.1) is 0 Å². The van der Waals surface area contributed by atoms with Crippen LogP contribution in [0.1, 0.15) is 19.4 Å². The van der Waals surface area contributed by atoms with Gasteiger partial charge in [-0.2, -0.15) is 0 Å². The largest absolute Gasteiger partial charge is 0.293 e. The highest BCUT2D eigenvalue weighted by Crippen LogP contribution is 2.17. The van der Waals surface area contributed by atoms with Crippen molar-refractivity contribution >= 4 is 5.84 Å². The Balaban J connectivity index is 2.36. The minimum atomic E-state index is -0.195. The number of amidine groups is 1. The second-order valence-corrected chi connectivity index (χ2v) is 4.03. The van der Waals surface area contributed by atoms with Crippen molar-refractivity contribution in [1.29, 1.82) is 0 Å². The Kier molecular flexibility index (Phi) is 2.04. The van der Waals surface area contributed by atoms with E-state index < -0.39 is 0 Å². The number of rotatable bonds is 1. The van der Waals surface area contributed by atoms with Gasteiger partial charge >= 0.3 is 0 Å². The minimum Gasteiger partial charge on any atom is -0.293 e. The highest BCUT2D eigenvalue weighted by molar-refractivity contribution is 5.99. The van der Waals surface area contributed by atoms with Crippen molar-refractivity contribution in [2.24, 2.45) is 4.99 Å². The molecule has 0 saturated heterocycles. The van der Waals surface area contributed by atoms with Gasteiger partial charge in [-0.25, -0.2) is 10.4 Å².